The molecule has 6 nitrogen and oxygen atoms in total. The van der Waals surface area contributed by atoms with Crippen molar-refractivity contribution in [1.29, 1.82) is 0 Å². The monoisotopic (exact) mass is 479 g/mol. The van der Waals surface area contributed by atoms with Gasteiger partial charge in [-0.1, -0.05) is 42.5 Å². The second-order valence-electron chi connectivity index (χ2n) is 9.27. The SMILES string of the molecule is Cc1cc(C(=O)N2CCCCC2C)ccc1NC(=O)c1ccccc1-c1ncc(-c2ccccc2)o1. The molecule has 5 rings (SSSR count). The number of carbonyl (C=O) groups is 2. The number of nitrogens with zero attached hydrogens (tertiary/aromatic N) is 2. The minimum Gasteiger partial charge on any atom is -0.436 e. The summed E-state index contributed by atoms with van der Waals surface area (Å²) in [5.41, 5.74) is 4.13. The summed E-state index contributed by atoms with van der Waals surface area (Å²) >= 11 is 0. The van der Waals surface area contributed by atoms with Crippen LogP contribution in [0.3, 0.4) is 0 Å². The van der Waals surface area contributed by atoms with Gasteiger partial charge in [0.2, 0.25) is 5.89 Å². The number of rotatable bonds is 5. The van der Waals surface area contributed by atoms with Crippen molar-refractivity contribution in [2.75, 3.05) is 11.9 Å². The zero-order valence-corrected chi connectivity index (χ0v) is 20.5. The summed E-state index contributed by atoms with van der Waals surface area (Å²) in [6, 6.07) is 22.7. The van der Waals surface area contributed by atoms with Crippen molar-refractivity contribution in [1.82, 2.24) is 9.88 Å². The average molecular weight is 480 g/mol. The van der Waals surface area contributed by atoms with Gasteiger partial charge in [-0.05, 0) is 69.0 Å². The maximum absolute atomic E-state index is 13.3. The fourth-order valence-electron chi connectivity index (χ4n) is 4.69. The van der Waals surface area contributed by atoms with E-state index in [1.54, 1.807) is 24.4 Å². The molecule has 0 bridgehead atoms. The first-order chi connectivity index (χ1) is 17.5. The van der Waals surface area contributed by atoms with Crippen LogP contribution in [0, 0.1) is 6.92 Å². The number of aryl methyl sites for hydroxylation is 1. The Kier molecular flexibility index (Phi) is 6.67. The highest BCUT2D eigenvalue weighted by atomic mass is 16.4. The zero-order valence-electron chi connectivity index (χ0n) is 20.5. The third-order valence-electron chi connectivity index (χ3n) is 6.75. The van der Waals surface area contributed by atoms with E-state index in [-0.39, 0.29) is 17.9 Å². The van der Waals surface area contributed by atoms with E-state index in [2.05, 4.69) is 17.2 Å². The minimum atomic E-state index is -0.267. The molecule has 0 radical (unpaired) electrons. The Balaban J connectivity index is 1.36. The molecule has 4 aromatic rings. The highest BCUT2D eigenvalue weighted by Gasteiger charge is 2.25. The summed E-state index contributed by atoms with van der Waals surface area (Å²) in [6.07, 6.45) is 4.91. The van der Waals surface area contributed by atoms with Gasteiger partial charge in [0.05, 0.1) is 11.8 Å². The van der Waals surface area contributed by atoms with Crippen LogP contribution in [0.4, 0.5) is 5.69 Å². The molecule has 1 atom stereocenters. The van der Waals surface area contributed by atoms with E-state index >= 15 is 0 Å². The van der Waals surface area contributed by atoms with Crippen molar-refractivity contribution < 1.29 is 14.0 Å². The van der Waals surface area contributed by atoms with E-state index in [0.29, 0.717) is 34.0 Å². The van der Waals surface area contributed by atoms with Gasteiger partial charge in [0.25, 0.3) is 11.8 Å². The van der Waals surface area contributed by atoms with Crippen LogP contribution in [-0.4, -0.2) is 34.3 Å². The number of carbonyl (C=O) groups excluding carboxylic acids is 2. The molecule has 1 N–H and O–H groups in total. The van der Waals surface area contributed by atoms with Gasteiger partial charge in [-0.15, -0.1) is 0 Å². The summed E-state index contributed by atoms with van der Waals surface area (Å²) in [4.78, 5) is 32.7. The molecule has 1 aromatic heterocycles. The van der Waals surface area contributed by atoms with E-state index in [4.69, 9.17) is 4.42 Å². The van der Waals surface area contributed by atoms with Gasteiger partial charge in [-0.25, -0.2) is 4.98 Å². The molecular formula is C30H29N3O3. The smallest absolute Gasteiger partial charge is 0.256 e. The van der Waals surface area contributed by atoms with Crippen LogP contribution >= 0.6 is 0 Å². The number of anilines is 1. The lowest BCUT2D eigenvalue weighted by Crippen LogP contribution is -2.42. The van der Waals surface area contributed by atoms with Crippen molar-refractivity contribution >= 4 is 17.5 Å². The lowest BCUT2D eigenvalue weighted by atomic mass is 10.0. The molecule has 1 aliphatic heterocycles. The maximum atomic E-state index is 13.3. The van der Waals surface area contributed by atoms with E-state index in [1.807, 2.05) is 66.4 Å². The highest BCUT2D eigenvalue weighted by molar-refractivity contribution is 6.08. The Morgan fingerprint density at radius 2 is 1.78 bits per heavy atom. The van der Waals surface area contributed by atoms with Crippen molar-refractivity contribution in [3.05, 3.63) is 95.7 Å². The number of likely N-dealkylation sites (tertiary alicyclic amines) is 1. The molecule has 1 aliphatic rings. The molecule has 182 valence electrons. The molecule has 3 aromatic carbocycles. The van der Waals surface area contributed by atoms with E-state index in [0.717, 1.165) is 36.9 Å². The molecule has 0 aliphatic carbocycles. The second kappa shape index (κ2) is 10.2. The topological polar surface area (TPSA) is 75.4 Å². The Morgan fingerprint density at radius 1 is 1.00 bits per heavy atom. The first-order valence-electron chi connectivity index (χ1n) is 12.3. The van der Waals surface area contributed by atoms with Crippen LogP contribution in [-0.2, 0) is 0 Å². The molecule has 1 unspecified atom stereocenters. The van der Waals surface area contributed by atoms with Crippen LogP contribution in [0.1, 0.15) is 52.5 Å². The molecule has 0 spiro atoms. The summed E-state index contributed by atoms with van der Waals surface area (Å²) in [7, 11) is 0. The fraction of sp³-hybridized carbons (Fsp3) is 0.233. The Labute approximate surface area is 211 Å². The number of amides is 2. The standard InChI is InChI=1S/C30H29N3O3/c1-20-18-23(30(35)33-17-9-8-10-21(33)2)15-16-26(20)32-28(34)24-13-6-7-14-25(24)29-31-19-27(36-29)22-11-4-3-5-12-22/h3-7,11-16,18-19,21H,8-10,17H2,1-2H3,(H,32,34). The third kappa shape index (κ3) is 4.80. The van der Waals surface area contributed by atoms with Crippen LogP contribution in [0.25, 0.3) is 22.8 Å². The van der Waals surface area contributed by atoms with Crippen molar-refractivity contribution in [2.24, 2.45) is 0 Å². The summed E-state index contributed by atoms with van der Waals surface area (Å²) < 4.78 is 6.00. The molecule has 6 heteroatoms. The highest BCUT2D eigenvalue weighted by Crippen LogP contribution is 2.29. The average Bonchev–Trinajstić information content (AvgIpc) is 3.40. The van der Waals surface area contributed by atoms with Crippen molar-refractivity contribution in [2.45, 2.75) is 39.2 Å². The van der Waals surface area contributed by atoms with Crippen molar-refractivity contribution in [3.63, 3.8) is 0 Å². The first-order valence-corrected chi connectivity index (χ1v) is 12.3. The Morgan fingerprint density at radius 3 is 2.56 bits per heavy atom. The second-order valence-corrected chi connectivity index (χ2v) is 9.27. The van der Waals surface area contributed by atoms with Gasteiger partial charge in [0, 0.05) is 35.0 Å². The predicted octanol–water partition coefficient (Wildman–Crippen LogP) is 6.58. The molecule has 2 amide bonds. The summed E-state index contributed by atoms with van der Waals surface area (Å²) in [5.74, 6) is 0.802. The van der Waals surface area contributed by atoms with Crippen molar-refractivity contribution in [3.8, 4) is 22.8 Å². The van der Waals surface area contributed by atoms with Gasteiger partial charge < -0.3 is 14.6 Å². The van der Waals surface area contributed by atoms with E-state index < -0.39 is 0 Å². The summed E-state index contributed by atoms with van der Waals surface area (Å²) in [5, 5.41) is 3.00. The molecule has 2 heterocycles. The number of aromatic nitrogens is 1. The summed E-state index contributed by atoms with van der Waals surface area (Å²) in [6.45, 7) is 4.80. The zero-order chi connectivity index (χ0) is 25.1. The normalized spacial score (nSPS) is 15.5. The largest absolute Gasteiger partial charge is 0.436 e. The lowest BCUT2D eigenvalue weighted by molar-refractivity contribution is 0.0635. The van der Waals surface area contributed by atoms with Crippen LogP contribution in [0.5, 0.6) is 0 Å². The number of benzene rings is 3. The molecule has 1 saturated heterocycles. The molecule has 36 heavy (non-hydrogen) atoms. The number of oxazole rings is 1. The Bertz CT molecular complexity index is 1390. The quantitative estimate of drug-likeness (QED) is 0.351. The van der Waals surface area contributed by atoms with Gasteiger partial charge >= 0.3 is 0 Å². The van der Waals surface area contributed by atoms with Gasteiger partial charge in [0.15, 0.2) is 5.76 Å². The number of nitrogens with one attached hydrogen (secondary N) is 1. The van der Waals surface area contributed by atoms with Crippen LogP contribution < -0.4 is 5.32 Å². The van der Waals surface area contributed by atoms with Gasteiger partial charge in [-0.3, -0.25) is 9.59 Å². The molecular weight excluding hydrogens is 450 g/mol. The fourth-order valence-corrected chi connectivity index (χ4v) is 4.69. The number of piperidine rings is 1. The number of hydrogen-bond acceptors (Lipinski definition) is 4. The van der Waals surface area contributed by atoms with Gasteiger partial charge in [0.1, 0.15) is 0 Å². The molecule has 1 fully saturated rings. The Hall–Kier alpha value is -4.19. The van der Waals surface area contributed by atoms with Crippen LogP contribution in [0.2, 0.25) is 0 Å². The molecule has 0 saturated carbocycles. The van der Waals surface area contributed by atoms with Gasteiger partial charge in [-0.2, -0.15) is 0 Å². The lowest BCUT2D eigenvalue weighted by Gasteiger charge is -2.33. The minimum absolute atomic E-state index is 0.0478. The maximum Gasteiger partial charge on any atom is 0.256 e. The first kappa shape index (κ1) is 23.5. The third-order valence-corrected chi connectivity index (χ3v) is 6.75. The predicted molar refractivity (Wildman–Crippen MR) is 141 cm³/mol. The number of hydrogen-bond donors (Lipinski definition) is 1. The van der Waals surface area contributed by atoms with E-state index in [1.165, 1.54) is 0 Å². The van der Waals surface area contributed by atoms with E-state index in [9.17, 15) is 9.59 Å². The van der Waals surface area contributed by atoms with Crippen LogP contribution in [0.15, 0.2) is 83.4 Å².